The molecule has 0 unspecified atom stereocenters. The summed E-state index contributed by atoms with van der Waals surface area (Å²) in [5, 5.41) is 10.4. The molecule has 0 bridgehead atoms. The summed E-state index contributed by atoms with van der Waals surface area (Å²) in [6.45, 7) is -0.130. The lowest BCUT2D eigenvalue weighted by Crippen LogP contribution is -2.23. The van der Waals surface area contributed by atoms with Crippen LogP contribution in [-0.2, 0) is 6.61 Å². The average molecular weight is 272 g/mol. The van der Waals surface area contributed by atoms with E-state index in [2.05, 4.69) is 4.98 Å². The zero-order valence-corrected chi connectivity index (χ0v) is 11.0. The fourth-order valence-corrected chi connectivity index (χ4v) is 2.81. The van der Waals surface area contributed by atoms with Crippen molar-refractivity contribution in [1.29, 1.82) is 0 Å². The Hall–Kier alpha value is -2.14. The van der Waals surface area contributed by atoms with Crippen LogP contribution in [0.1, 0.15) is 46.7 Å². The number of aliphatic hydroxyl groups is 1. The first-order valence-electron chi connectivity index (χ1n) is 6.71. The number of carbonyl (C=O) groups excluding carboxylic acids is 1. The lowest BCUT2D eigenvalue weighted by Gasteiger charge is -2.28. The third kappa shape index (κ3) is 1.91. The molecule has 2 aromatic rings. The van der Waals surface area contributed by atoms with E-state index in [1.165, 1.54) is 12.5 Å². The minimum Gasteiger partial charge on any atom is -0.392 e. The molecule has 20 heavy (non-hydrogen) atoms. The molecule has 1 aromatic carbocycles. The van der Waals surface area contributed by atoms with Gasteiger partial charge in [0.1, 0.15) is 5.56 Å². The van der Waals surface area contributed by atoms with Gasteiger partial charge < -0.3 is 15.8 Å². The Kier molecular flexibility index (Phi) is 3.06. The van der Waals surface area contributed by atoms with Crippen molar-refractivity contribution in [3.8, 4) is 0 Å². The van der Waals surface area contributed by atoms with Crippen LogP contribution in [0, 0.1) is 0 Å². The number of primary amides is 1. The zero-order valence-electron chi connectivity index (χ0n) is 11.0. The normalized spacial score (nSPS) is 15.2. The highest BCUT2D eigenvalue weighted by atomic mass is 16.3. The maximum atomic E-state index is 11.9. The minimum absolute atomic E-state index is 0.0576. The number of nitrogens with two attached hydrogens (primary N) is 1. The van der Waals surface area contributed by atoms with Crippen LogP contribution in [0.15, 0.2) is 23.0 Å². The van der Waals surface area contributed by atoms with Crippen molar-refractivity contribution < 1.29 is 9.90 Å². The molecule has 5 heteroatoms. The molecular weight excluding hydrogens is 256 g/mol. The van der Waals surface area contributed by atoms with Gasteiger partial charge in [-0.1, -0.05) is 18.6 Å². The quantitative estimate of drug-likeness (QED) is 0.787. The number of hydrogen-bond acceptors (Lipinski definition) is 3. The fraction of sp³-hybridized carbons (Fsp3) is 0.333. The predicted molar refractivity (Wildman–Crippen MR) is 75.6 cm³/mol. The molecule has 1 fully saturated rings. The summed E-state index contributed by atoms with van der Waals surface area (Å²) in [6, 6.07) is 5.32. The number of nitrogens with one attached hydrogen (secondary N) is 1. The van der Waals surface area contributed by atoms with Crippen molar-refractivity contribution in [3.05, 3.63) is 45.2 Å². The molecule has 0 aliphatic heterocycles. The van der Waals surface area contributed by atoms with Gasteiger partial charge >= 0.3 is 0 Å². The maximum Gasteiger partial charge on any atom is 0.261 e. The number of benzene rings is 1. The number of aromatic nitrogens is 1. The molecule has 0 saturated heterocycles. The SMILES string of the molecule is NC(=O)c1cc2ccc(C3CCC3)c(CO)c2[nH]c1=O. The molecule has 0 spiro atoms. The van der Waals surface area contributed by atoms with Crippen molar-refractivity contribution in [3.63, 3.8) is 0 Å². The van der Waals surface area contributed by atoms with E-state index in [-0.39, 0.29) is 12.2 Å². The molecule has 1 saturated carbocycles. The molecule has 0 atom stereocenters. The van der Waals surface area contributed by atoms with Gasteiger partial charge in [-0.25, -0.2) is 0 Å². The molecule has 0 radical (unpaired) electrons. The molecule has 1 aliphatic carbocycles. The number of hydrogen-bond donors (Lipinski definition) is 3. The van der Waals surface area contributed by atoms with Crippen LogP contribution in [0.5, 0.6) is 0 Å². The molecule has 3 rings (SSSR count). The first kappa shape index (κ1) is 12.9. The maximum absolute atomic E-state index is 11.9. The Morgan fingerprint density at radius 3 is 2.70 bits per heavy atom. The lowest BCUT2D eigenvalue weighted by atomic mass is 9.78. The summed E-state index contributed by atoms with van der Waals surface area (Å²) in [5.41, 5.74) is 7.06. The van der Waals surface area contributed by atoms with Gasteiger partial charge in [0.2, 0.25) is 0 Å². The average Bonchev–Trinajstić information content (AvgIpc) is 2.35. The highest BCUT2D eigenvalue weighted by Crippen LogP contribution is 2.39. The molecule has 1 amide bonds. The second-order valence-corrected chi connectivity index (χ2v) is 5.26. The number of H-pyrrole nitrogens is 1. The van der Waals surface area contributed by atoms with Gasteiger partial charge in [-0.15, -0.1) is 0 Å². The van der Waals surface area contributed by atoms with Gasteiger partial charge in [0, 0.05) is 5.56 Å². The fourth-order valence-electron chi connectivity index (χ4n) is 2.81. The van der Waals surface area contributed by atoms with E-state index >= 15 is 0 Å². The summed E-state index contributed by atoms with van der Waals surface area (Å²) in [7, 11) is 0. The molecule has 5 nitrogen and oxygen atoms in total. The number of fused-ring (bicyclic) bond motifs is 1. The molecular formula is C15H16N2O3. The highest BCUT2D eigenvalue weighted by Gasteiger charge is 2.23. The number of rotatable bonds is 3. The van der Waals surface area contributed by atoms with Crippen LogP contribution in [0.2, 0.25) is 0 Å². The molecule has 1 aromatic heterocycles. The van der Waals surface area contributed by atoms with Crippen molar-refractivity contribution in [2.75, 3.05) is 0 Å². The van der Waals surface area contributed by atoms with Crippen LogP contribution in [-0.4, -0.2) is 16.0 Å². The van der Waals surface area contributed by atoms with Crippen molar-refractivity contribution in [2.24, 2.45) is 5.73 Å². The number of aliphatic hydroxyl groups excluding tert-OH is 1. The molecule has 4 N–H and O–H groups in total. The zero-order chi connectivity index (χ0) is 14.3. The van der Waals surface area contributed by atoms with Gasteiger partial charge in [0.05, 0.1) is 12.1 Å². The highest BCUT2D eigenvalue weighted by molar-refractivity contribution is 5.96. The first-order chi connectivity index (χ1) is 9.61. The molecule has 1 aliphatic rings. The van der Waals surface area contributed by atoms with E-state index in [1.807, 2.05) is 12.1 Å². The van der Waals surface area contributed by atoms with Gasteiger partial charge in [0.25, 0.3) is 11.5 Å². The Balaban J connectivity index is 2.26. The Labute approximate surface area is 115 Å². The summed E-state index contributed by atoms with van der Waals surface area (Å²) >= 11 is 0. The molecule has 1 heterocycles. The predicted octanol–water partition coefficient (Wildman–Crippen LogP) is 1.39. The van der Waals surface area contributed by atoms with Crippen LogP contribution in [0.25, 0.3) is 10.9 Å². The van der Waals surface area contributed by atoms with E-state index in [9.17, 15) is 14.7 Å². The third-order valence-electron chi connectivity index (χ3n) is 4.13. The summed E-state index contributed by atoms with van der Waals surface area (Å²) in [5.74, 6) is -0.289. The second kappa shape index (κ2) is 4.76. The summed E-state index contributed by atoms with van der Waals surface area (Å²) in [4.78, 5) is 25.8. The lowest BCUT2D eigenvalue weighted by molar-refractivity contribution is 0.0999. The second-order valence-electron chi connectivity index (χ2n) is 5.26. The van der Waals surface area contributed by atoms with E-state index in [4.69, 9.17) is 5.73 Å². The minimum atomic E-state index is -0.748. The topological polar surface area (TPSA) is 96.2 Å². The smallest absolute Gasteiger partial charge is 0.261 e. The van der Waals surface area contributed by atoms with E-state index in [0.717, 1.165) is 24.0 Å². The van der Waals surface area contributed by atoms with Crippen LogP contribution >= 0.6 is 0 Å². The largest absolute Gasteiger partial charge is 0.392 e. The van der Waals surface area contributed by atoms with E-state index in [1.54, 1.807) is 0 Å². The van der Waals surface area contributed by atoms with Crippen LogP contribution in [0.3, 0.4) is 0 Å². The summed E-state index contributed by atoms with van der Waals surface area (Å²) in [6.07, 6.45) is 3.43. The Morgan fingerprint density at radius 2 is 2.15 bits per heavy atom. The first-order valence-corrected chi connectivity index (χ1v) is 6.71. The summed E-state index contributed by atoms with van der Waals surface area (Å²) < 4.78 is 0. The van der Waals surface area contributed by atoms with Crippen LogP contribution < -0.4 is 11.3 Å². The van der Waals surface area contributed by atoms with Crippen LogP contribution in [0.4, 0.5) is 0 Å². The number of carbonyl (C=O) groups is 1. The Morgan fingerprint density at radius 1 is 1.40 bits per heavy atom. The van der Waals surface area contributed by atoms with Gasteiger partial charge in [0.15, 0.2) is 0 Å². The third-order valence-corrected chi connectivity index (χ3v) is 4.13. The van der Waals surface area contributed by atoms with E-state index in [0.29, 0.717) is 16.8 Å². The van der Waals surface area contributed by atoms with E-state index < -0.39 is 11.5 Å². The molecule has 104 valence electrons. The van der Waals surface area contributed by atoms with Crippen molar-refractivity contribution in [2.45, 2.75) is 31.8 Å². The van der Waals surface area contributed by atoms with Crippen molar-refractivity contribution >= 4 is 16.8 Å². The van der Waals surface area contributed by atoms with Crippen molar-refractivity contribution in [1.82, 2.24) is 4.98 Å². The van der Waals surface area contributed by atoms with Gasteiger partial charge in [-0.2, -0.15) is 0 Å². The monoisotopic (exact) mass is 272 g/mol. The number of pyridine rings is 1. The van der Waals surface area contributed by atoms with Gasteiger partial charge in [-0.3, -0.25) is 9.59 Å². The number of aromatic amines is 1. The Bertz CT molecular complexity index is 745. The van der Waals surface area contributed by atoms with Gasteiger partial charge in [-0.05, 0) is 35.8 Å². The number of amides is 1. The standard InChI is InChI=1S/C15H16N2O3/c16-14(19)11-6-9-4-5-10(8-2-1-3-8)12(7-18)13(9)17-15(11)20/h4-6,8,18H,1-3,7H2,(H2,16,19)(H,17,20).